The summed E-state index contributed by atoms with van der Waals surface area (Å²) >= 11 is 1.09. The lowest BCUT2D eigenvalue weighted by Crippen LogP contribution is -2.37. The number of nitrogens with one attached hydrogen (secondary N) is 2. The van der Waals surface area contributed by atoms with E-state index in [4.69, 9.17) is 0 Å². The van der Waals surface area contributed by atoms with Crippen LogP contribution in [0, 0.1) is 17.5 Å². The van der Waals surface area contributed by atoms with E-state index in [1.165, 1.54) is 10.2 Å². The summed E-state index contributed by atoms with van der Waals surface area (Å²) in [6, 6.07) is 9.39. The molecule has 2 aromatic carbocycles. The SMILES string of the molecule is CCCCc1ccc(-n2nnnc2SC(C)C(=O)NCC(=O)Nc2ccc(F)c(F)c2F)cc1. The summed E-state index contributed by atoms with van der Waals surface area (Å²) in [6.45, 7) is 3.25. The molecule has 3 aromatic rings. The van der Waals surface area contributed by atoms with Crippen molar-refractivity contribution < 1.29 is 22.8 Å². The van der Waals surface area contributed by atoms with Crippen LogP contribution in [0.25, 0.3) is 5.69 Å². The predicted molar refractivity (Wildman–Crippen MR) is 121 cm³/mol. The van der Waals surface area contributed by atoms with Crippen molar-refractivity contribution in [1.29, 1.82) is 0 Å². The van der Waals surface area contributed by atoms with Gasteiger partial charge in [0.1, 0.15) is 0 Å². The third-order valence-electron chi connectivity index (χ3n) is 4.82. The van der Waals surface area contributed by atoms with Gasteiger partial charge in [0.05, 0.1) is 23.2 Å². The minimum absolute atomic E-state index is 0.386. The van der Waals surface area contributed by atoms with E-state index in [1.54, 1.807) is 6.92 Å². The Labute approximate surface area is 198 Å². The van der Waals surface area contributed by atoms with Gasteiger partial charge < -0.3 is 10.6 Å². The van der Waals surface area contributed by atoms with Gasteiger partial charge in [-0.05, 0) is 60.0 Å². The molecule has 0 fully saturated rings. The van der Waals surface area contributed by atoms with E-state index < -0.39 is 46.7 Å². The normalized spacial score (nSPS) is 11.8. The van der Waals surface area contributed by atoms with Crippen LogP contribution in [-0.2, 0) is 16.0 Å². The molecule has 0 saturated heterocycles. The molecule has 1 atom stereocenters. The van der Waals surface area contributed by atoms with Gasteiger partial charge in [-0.15, -0.1) is 5.10 Å². The van der Waals surface area contributed by atoms with Gasteiger partial charge in [-0.3, -0.25) is 9.59 Å². The van der Waals surface area contributed by atoms with Crippen LogP contribution >= 0.6 is 11.8 Å². The van der Waals surface area contributed by atoms with Crippen molar-refractivity contribution in [2.24, 2.45) is 0 Å². The van der Waals surface area contributed by atoms with Gasteiger partial charge in [-0.1, -0.05) is 37.2 Å². The number of halogens is 3. The van der Waals surface area contributed by atoms with Gasteiger partial charge in [-0.25, -0.2) is 13.2 Å². The van der Waals surface area contributed by atoms with Crippen LogP contribution in [0.1, 0.15) is 32.3 Å². The minimum Gasteiger partial charge on any atom is -0.346 e. The fourth-order valence-electron chi connectivity index (χ4n) is 2.94. The average Bonchev–Trinajstić information content (AvgIpc) is 3.29. The Kier molecular flexibility index (Phi) is 8.63. The summed E-state index contributed by atoms with van der Waals surface area (Å²) in [7, 11) is 0. The minimum atomic E-state index is -1.69. The Morgan fingerprint density at radius 1 is 1.09 bits per heavy atom. The molecule has 0 radical (unpaired) electrons. The summed E-state index contributed by atoms with van der Waals surface area (Å²) in [6.07, 6.45) is 3.20. The lowest BCUT2D eigenvalue weighted by molar-refractivity contribution is -0.123. The van der Waals surface area contributed by atoms with Crippen molar-refractivity contribution >= 4 is 29.3 Å². The van der Waals surface area contributed by atoms with Crippen molar-refractivity contribution in [2.75, 3.05) is 11.9 Å². The first kappa shape index (κ1) is 25.2. The van der Waals surface area contributed by atoms with E-state index >= 15 is 0 Å². The van der Waals surface area contributed by atoms with E-state index in [0.717, 1.165) is 42.8 Å². The number of rotatable bonds is 10. The Morgan fingerprint density at radius 3 is 2.53 bits per heavy atom. The standard InChI is InChI=1S/C22H23F3N6O2S/c1-3-4-5-14-6-8-15(9-7-14)31-22(28-29-30-31)34-13(2)21(33)26-12-18(32)27-17-11-10-16(23)19(24)20(17)25/h6-11,13H,3-5,12H2,1-2H3,(H,26,33)(H,27,32). The smallest absolute Gasteiger partial charge is 0.243 e. The van der Waals surface area contributed by atoms with Gasteiger partial charge >= 0.3 is 0 Å². The highest BCUT2D eigenvalue weighted by atomic mass is 32.2. The second-order valence-electron chi connectivity index (χ2n) is 7.39. The van der Waals surface area contributed by atoms with Gasteiger partial charge in [0.2, 0.25) is 17.0 Å². The van der Waals surface area contributed by atoms with Gasteiger partial charge in [0.25, 0.3) is 0 Å². The maximum Gasteiger partial charge on any atom is 0.243 e. The Bertz CT molecular complexity index is 1160. The van der Waals surface area contributed by atoms with Crippen molar-refractivity contribution in [3.05, 3.63) is 59.4 Å². The number of carbonyl (C=O) groups is 2. The fraction of sp³-hybridized carbons (Fsp3) is 0.318. The van der Waals surface area contributed by atoms with Crippen LogP contribution in [-0.4, -0.2) is 43.8 Å². The van der Waals surface area contributed by atoms with Gasteiger partial charge in [-0.2, -0.15) is 4.68 Å². The number of thioether (sulfide) groups is 1. The lowest BCUT2D eigenvalue weighted by atomic mass is 10.1. The number of tetrazole rings is 1. The Morgan fingerprint density at radius 2 is 1.82 bits per heavy atom. The molecule has 2 amide bonds. The van der Waals surface area contributed by atoms with Crippen LogP contribution in [0.2, 0.25) is 0 Å². The van der Waals surface area contributed by atoms with Crippen molar-refractivity contribution in [1.82, 2.24) is 25.5 Å². The molecular formula is C22H23F3N6O2S. The first-order chi connectivity index (χ1) is 16.3. The molecule has 180 valence electrons. The van der Waals surface area contributed by atoms with E-state index in [0.29, 0.717) is 11.2 Å². The zero-order chi connectivity index (χ0) is 24.7. The van der Waals surface area contributed by atoms with Gasteiger partial charge in [0.15, 0.2) is 17.5 Å². The average molecular weight is 493 g/mol. The summed E-state index contributed by atoms with van der Waals surface area (Å²) in [4.78, 5) is 24.4. The molecule has 8 nitrogen and oxygen atoms in total. The van der Waals surface area contributed by atoms with Crippen molar-refractivity contribution in [2.45, 2.75) is 43.5 Å². The zero-order valence-electron chi connectivity index (χ0n) is 18.5. The number of hydrogen-bond acceptors (Lipinski definition) is 6. The maximum atomic E-state index is 13.7. The first-order valence-corrected chi connectivity index (χ1v) is 11.4. The van der Waals surface area contributed by atoms with Crippen LogP contribution in [0.4, 0.5) is 18.9 Å². The summed E-state index contributed by atoms with van der Waals surface area (Å²) < 4.78 is 41.5. The number of nitrogens with zero attached hydrogens (tertiary/aromatic N) is 4. The molecule has 0 bridgehead atoms. The number of aromatic nitrogens is 4. The van der Waals surface area contributed by atoms with Crippen molar-refractivity contribution in [3.63, 3.8) is 0 Å². The van der Waals surface area contributed by atoms with E-state index in [1.807, 2.05) is 24.3 Å². The van der Waals surface area contributed by atoms with Crippen molar-refractivity contribution in [3.8, 4) is 5.69 Å². The lowest BCUT2D eigenvalue weighted by Gasteiger charge is -2.12. The highest BCUT2D eigenvalue weighted by Crippen LogP contribution is 2.23. The Balaban J connectivity index is 1.55. The second kappa shape index (κ2) is 11.6. The maximum absolute atomic E-state index is 13.7. The first-order valence-electron chi connectivity index (χ1n) is 10.6. The highest BCUT2D eigenvalue weighted by Gasteiger charge is 2.21. The summed E-state index contributed by atoms with van der Waals surface area (Å²) in [5, 5.41) is 15.8. The molecule has 0 aliphatic carbocycles. The Hall–Kier alpha value is -3.41. The van der Waals surface area contributed by atoms with E-state index in [2.05, 4.69) is 33.1 Å². The molecule has 2 N–H and O–H groups in total. The molecule has 12 heteroatoms. The highest BCUT2D eigenvalue weighted by molar-refractivity contribution is 8.00. The molecule has 1 heterocycles. The molecule has 0 spiro atoms. The number of unbranched alkanes of at least 4 members (excludes halogenated alkanes) is 1. The predicted octanol–water partition coefficient (Wildman–Crippen LogP) is 3.66. The molecular weight excluding hydrogens is 469 g/mol. The van der Waals surface area contributed by atoms with E-state index in [9.17, 15) is 22.8 Å². The quantitative estimate of drug-likeness (QED) is 0.331. The molecule has 1 aromatic heterocycles. The van der Waals surface area contributed by atoms with Crippen LogP contribution < -0.4 is 10.6 Å². The second-order valence-corrected chi connectivity index (χ2v) is 8.70. The summed E-state index contributed by atoms with van der Waals surface area (Å²) in [5.41, 5.74) is 1.43. The van der Waals surface area contributed by atoms with E-state index in [-0.39, 0.29) is 0 Å². The monoisotopic (exact) mass is 492 g/mol. The number of anilines is 1. The van der Waals surface area contributed by atoms with Crippen LogP contribution in [0.15, 0.2) is 41.6 Å². The molecule has 0 aliphatic rings. The molecule has 1 unspecified atom stereocenters. The number of aryl methyl sites for hydroxylation is 1. The van der Waals surface area contributed by atoms with Gasteiger partial charge in [0, 0.05) is 0 Å². The number of hydrogen-bond donors (Lipinski definition) is 2. The van der Waals surface area contributed by atoms with Crippen LogP contribution in [0.5, 0.6) is 0 Å². The van der Waals surface area contributed by atoms with Crippen LogP contribution in [0.3, 0.4) is 0 Å². The molecule has 0 aliphatic heterocycles. The topological polar surface area (TPSA) is 102 Å². The number of amides is 2. The molecule has 34 heavy (non-hydrogen) atoms. The summed E-state index contributed by atoms with van der Waals surface area (Å²) in [5.74, 6) is -5.88. The third-order valence-corrected chi connectivity index (χ3v) is 5.86. The fourth-order valence-corrected chi connectivity index (χ4v) is 3.77. The molecule has 3 rings (SSSR count). The number of carbonyl (C=O) groups excluding carboxylic acids is 2. The third kappa shape index (κ3) is 6.34. The zero-order valence-corrected chi connectivity index (χ0v) is 19.3. The number of benzene rings is 2. The largest absolute Gasteiger partial charge is 0.346 e. The molecule has 0 saturated carbocycles.